The first-order chi connectivity index (χ1) is 6.43. The molecule has 0 aliphatic carbocycles. The molecule has 1 aromatic heterocycles. The minimum atomic E-state index is 0.242. The lowest BCUT2D eigenvalue weighted by molar-refractivity contribution is 0.724. The lowest BCUT2D eigenvalue weighted by atomic mass is 10.00. The van der Waals surface area contributed by atoms with Gasteiger partial charge in [0.05, 0.1) is 10.7 Å². The fourth-order valence-corrected chi connectivity index (χ4v) is 1.60. The zero-order valence-electron chi connectivity index (χ0n) is 9.16. The van der Waals surface area contributed by atoms with Crippen molar-refractivity contribution in [3.63, 3.8) is 0 Å². The fourth-order valence-electron chi connectivity index (χ4n) is 1.52. The van der Waals surface area contributed by atoms with Crippen molar-refractivity contribution in [2.75, 3.05) is 0 Å². The van der Waals surface area contributed by atoms with E-state index in [2.05, 4.69) is 12.0 Å². The second-order valence-electron chi connectivity index (χ2n) is 3.78. The van der Waals surface area contributed by atoms with E-state index >= 15 is 0 Å². The highest BCUT2D eigenvalue weighted by Crippen LogP contribution is 2.16. The Hall–Kier alpha value is -0.900. The van der Waals surface area contributed by atoms with Gasteiger partial charge in [-0.3, -0.25) is 4.68 Å². The van der Waals surface area contributed by atoms with Crippen molar-refractivity contribution in [3.05, 3.63) is 17.0 Å². The number of hydrogen-bond donors (Lipinski definition) is 1. The molecule has 0 fully saturated rings. The summed E-state index contributed by atoms with van der Waals surface area (Å²) in [6.45, 7) is 6.14. The van der Waals surface area contributed by atoms with Crippen LogP contribution in [-0.2, 0) is 13.5 Å². The third-order valence-electron chi connectivity index (χ3n) is 2.65. The van der Waals surface area contributed by atoms with Crippen LogP contribution in [0.25, 0.3) is 0 Å². The van der Waals surface area contributed by atoms with Crippen molar-refractivity contribution in [1.82, 2.24) is 9.78 Å². The van der Waals surface area contributed by atoms with E-state index in [4.69, 9.17) is 18.0 Å². The van der Waals surface area contributed by atoms with Crippen LogP contribution in [-0.4, -0.2) is 14.8 Å². The first-order valence-corrected chi connectivity index (χ1v) is 5.12. The maximum absolute atomic E-state index is 5.59. The van der Waals surface area contributed by atoms with Gasteiger partial charge in [0, 0.05) is 18.7 Å². The molecule has 0 bridgehead atoms. The number of aryl methyl sites for hydroxylation is 2. The molecule has 2 N–H and O–H groups in total. The van der Waals surface area contributed by atoms with Gasteiger partial charge < -0.3 is 5.73 Å². The summed E-state index contributed by atoms with van der Waals surface area (Å²) in [5.74, 6) is 0.242. The van der Waals surface area contributed by atoms with Crippen LogP contribution in [0.4, 0.5) is 0 Å². The molecule has 1 heterocycles. The van der Waals surface area contributed by atoms with Crippen molar-refractivity contribution in [3.8, 4) is 0 Å². The summed E-state index contributed by atoms with van der Waals surface area (Å²) >= 11 is 4.96. The van der Waals surface area contributed by atoms with Gasteiger partial charge in [0.25, 0.3) is 0 Å². The molecular formula is C10H17N3S. The Morgan fingerprint density at radius 1 is 1.57 bits per heavy atom. The van der Waals surface area contributed by atoms with E-state index in [9.17, 15) is 0 Å². The van der Waals surface area contributed by atoms with Gasteiger partial charge in [-0.15, -0.1) is 0 Å². The molecule has 3 nitrogen and oxygen atoms in total. The van der Waals surface area contributed by atoms with Gasteiger partial charge in [0.1, 0.15) is 0 Å². The predicted octanol–water partition coefficient (Wildman–Crippen LogP) is 1.50. The van der Waals surface area contributed by atoms with Crippen LogP contribution in [0.3, 0.4) is 0 Å². The SMILES string of the molecule is Cc1nn(C)c(C)c1CC(C)C(N)=S. The Morgan fingerprint density at radius 3 is 2.50 bits per heavy atom. The summed E-state index contributed by atoms with van der Waals surface area (Å²) in [5.41, 5.74) is 9.14. The minimum Gasteiger partial charge on any atom is -0.393 e. The molecule has 1 rings (SSSR count). The Bertz CT molecular complexity index is 354. The van der Waals surface area contributed by atoms with Crippen molar-refractivity contribution >= 4 is 17.2 Å². The number of aromatic nitrogens is 2. The number of thiocarbonyl (C=S) groups is 1. The van der Waals surface area contributed by atoms with Crippen molar-refractivity contribution in [2.45, 2.75) is 27.2 Å². The highest BCUT2D eigenvalue weighted by molar-refractivity contribution is 7.80. The predicted molar refractivity (Wildman–Crippen MR) is 62.3 cm³/mol. The molecule has 1 aromatic rings. The molecule has 14 heavy (non-hydrogen) atoms. The topological polar surface area (TPSA) is 43.8 Å². The maximum Gasteiger partial charge on any atom is 0.0759 e. The summed E-state index contributed by atoms with van der Waals surface area (Å²) in [4.78, 5) is 0.577. The highest BCUT2D eigenvalue weighted by Gasteiger charge is 2.14. The number of nitrogens with zero attached hydrogens (tertiary/aromatic N) is 2. The largest absolute Gasteiger partial charge is 0.393 e. The van der Waals surface area contributed by atoms with Gasteiger partial charge in [0.2, 0.25) is 0 Å². The van der Waals surface area contributed by atoms with E-state index in [1.807, 2.05) is 25.6 Å². The lowest BCUT2D eigenvalue weighted by Gasteiger charge is -2.09. The van der Waals surface area contributed by atoms with E-state index in [0.717, 1.165) is 12.1 Å². The first kappa shape index (κ1) is 11.2. The molecule has 0 spiro atoms. The van der Waals surface area contributed by atoms with Crippen LogP contribution in [0.1, 0.15) is 23.9 Å². The Morgan fingerprint density at radius 2 is 2.14 bits per heavy atom. The van der Waals surface area contributed by atoms with E-state index in [1.165, 1.54) is 11.3 Å². The summed E-state index contributed by atoms with van der Waals surface area (Å²) in [7, 11) is 1.96. The van der Waals surface area contributed by atoms with Crippen LogP contribution in [0.5, 0.6) is 0 Å². The first-order valence-electron chi connectivity index (χ1n) is 4.72. The summed E-state index contributed by atoms with van der Waals surface area (Å²) in [6, 6.07) is 0. The third kappa shape index (κ3) is 2.12. The van der Waals surface area contributed by atoms with Gasteiger partial charge in [-0.2, -0.15) is 5.10 Å². The fraction of sp³-hybridized carbons (Fsp3) is 0.600. The van der Waals surface area contributed by atoms with Gasteiger partial charge in [-0.25, -0.2) is 0 Å². The lowest BCUT2D eigenvalue weighted by Crippen LogP contribution is -2.20. The van der Waals surface area contributed by atoms with Crippen molar-refractivity contribution < 1.29 is 0 Å². The minimum absolute atomic E-state index is 0.242. The van der Waals surface area contributed by atoms with Gasteiger partial charge >= 0.3 is 0 Å². The van der Waals surface area contributed by atoms with Gasteiger partial charge in [-0.1, -0.05) is 19.1 Å². The molecule has 0 saturated carbocycles. The average Bonchev–Trinajstić information content (AvgIpc) is 2.32. The normalized spacial score (nSPS) is 12.9. The van der Waals surface area contributed by atoms with E-state index in [0.29, 0.717) is 4.99 Å². The molecule has 0 radical (unpaired) electrons. The molecule has 0 aliphatic rings. The Balaban J connectivity index is 2.91. The molecule has 4 heteroatoms. The molecule has 0 saturated heterocycles. The van der Waals surface area contributed by atoms with Gasteiger partial charge in [0.15, 0.2) is 0 Å². The second kappa shape index (κ2) is 4.09. The summed E-state index contributed by atoms with van der Waals surface area (Å²) < 4.78 is 1.90. The number of hydrogen-bond acceptors (Lipinski definition) is 2. The van der Waals surface area contributed by atoms with Crippen LogP contribution in [0.2, 0.25) is 0 Å². The second-order valence-corrected chi connectivity index (χ2v) is 4.25. The third-order valence-corrected chi connectivity index (χ3v) is 3.06. The molecular weight excluding hydrogens is 194 g/mol. The zero-order valence-corrected chi connectivity index (χ0v) is 9.98. The number of nitrogens with two attached hydrogens (primary N) is 1. The quantitative estimate of drug-likeness (QED) is 0.771. The van der Waals surface area contributed by atoms with Gasteiger partial charge in [-0.05, 0) is 25.8 Å². The monoisotopic (exact) mass is 211 g/mol. The molecule has 1 atom stereocenters. The van der Waals surface area contributed by atoms with Crippen LogP contribution >= 0.6 is 12.2 Å². The highest BCUT2D eigenvalue weighted by atomic mass is 32.1. The summed E-state index contributed by atoms with van der Waals surface area (Å²) in [5, 5.41) is 4.36. The molecule has 0 aromatic carbocycles. The molecule has 1 unspecified atom stereocenters. The molecule has 78 valence electrons. The smallest absolute Gasteiger partial charge is 0.0759 e. The zero-order chi connectivity index (χ0) is 10.9. The average molecular weight is 211 g/mol. The number of rotatable bonds is 3. The Labute approximate surface area is 90.3 Å². The van der Waals surface area contributed by atoms with E-state index in [-0.39, 0.29) is 5.92 Å². The summed E-state index contributed by atoms with van der Waals surface area (Å²) in [6.07, 6.45) is 0.890. The van der Waals surface area contributed by atoms with Crippen LogP contribution in [0.15, 0.2) is 0 Å². The maximum atomic E-state index is 5.59. The molecule has 0 aliphatic heterocycles. The van der Waals surface area contributed by atoms with Crippen molar-refractivity contribution in [1.29, 1.82) is 0 Å². The van der Waals surface area contributed by atoms with E-state index < -0.39 is 0 Å². The van der Waals surface area contributed by atoms with Crippen LogP contribution < -0.4 is 5.73 Å². The van der Waals surface area contributed by atoms with Crippen molar-refractivity contribution in [2.24, 2.45) is 18.7 Å². The van der Waals surface area contributed by atoms with E-state index in [1.54, 1.807) is 0 Å². The molecule has 0 amide bonds. The van der Waals surface area contributed by atoms with Crippen LogP contribution in [0, 0.1) is 19.8 Å². The Kier molecular flexibility index (Phi) is 3.26. The standard InChI is InChI=1S/C10H17N3S/c1-6(10(11)14)5-9-7(2)12-13(4)8(9)3/h6H,5H2,1-4H3,(H2,11,14).